The van der Waals surface area contributed by atoms with Gasteiger partial charge in [0.2, 0.25) is 0 Å². The van der Waals surface area contributed by atoms with Gasteiger partial charge < -0.3 is 19.3 Å². The molecule has 0 aromatic carbocycles. The number of ether oxygens (including phenoxy) is 3. The number of aliphatic hydroxyl groups excluding tert-OH is 1. The molecule has 1 saturated heterocycles. The lowest BCUT2D eigenvalue weighted by molar-refractivity contribution is -0.104. The Labute approximate surface area is 66.1 Å². The maximum atomic E-state index is 9.08. The Bertz CT molecular complexity index is 96.6. The Morgan fingerprint density at radius 3 is 2.18 bits per heavy atom. The van der Waals surface area contributed by atoms with Crippen molar-refractivity contribution in [2.75, 3.05) is 33.5 Å². The van der Waals surface area contributed by atoms with E-state index in [1.165, 1.54) is 0 Å². The van der Waals surface area contributed by atoms with E-state index in [1.54, 1.807) is 7.11 Å². The van der Waals surface area contributed by atoms with Crippen LogP contribution < -0.4 is 0 Å². The fraction of sp³-hybridized carbons (Fsp3) is 1.00. The molecule has 1 N–H and O–H groups in total. The molecular weight excluding hydrogens is 148 g/mol. The molecule has 1 aliphatic heterocycles. The first-order chi connectivity index (χ1) is 5.33. The minimum Gasteiger partial charge on any atom is -0.388 e. The molecule has 1 rings (SSSR count). The number of hydrogen-bond donors (Lipinski definition) is 1. The Morgan fingerprint density at radius 2 is 1.73 bits per heavy atom. The molecule has 11 heavy (non-hydrogen) atoms. The summed E-state index contributed by atoms with van der Waals surface area (Å²) in [5, 5.41) is 9.08. The second-order valence-corrected chi connectivity index (χ2v) is 2.59. The zero-order valence-corrected chi connectivity index (χ0v) is 6.66. The lowest BCUT2D eigenvalue weighted by Gasteiger charge is -2.21. The molecule has 0 bridgehead atoms. The van der Waals surface area contributed by atoms with E-state index in [-0.39, 0.29) is 6.10 Å². The van der Waals surface area contributed by atoms with Crippen LogP contribution in [0.1, 0.15) is 0 Å². The lowest BCUT2D eigenvalue weighted by Crippen LogP contribution is -2.33. The maximum absolute atomic E-state index is 9.08. The number of rotatable bonds is 1. The van der Waals surface area contributed by atoms with Crippen LogP contribution >= 0.6 is 0 Å². The van der Waals surface area contributed by atoms with E-state index in [0.29, 0.717) is 26.4 Å². The number of methoxy groups -OCH3 is 1. The van der Waals surface area contributed by atoms with E-state index in [9.17, 15) is 0 Å². The van der Waals surface area contributed by atoms with E-state index in [2.05, 4.69) is 0 Å². The second kappa shape index (κ2) is 4.66. The summed E-state index contributed by atoms with van der Waals surface area (Å²) in [6, 6.07) is 0. The van der Waals surface area contributed by atoms with Crippen LogP contribution in [0.15, 0.2) is 0 Å². The van der Waals surface area contributed by atoms with Crippen molar-refractivity contribution in [3.8, 4) is 0 Å². The molecule has 0 amide bonds. The Kier molecular flexibility index (Phi) is 3.79. The van der Waals surface area contributed by atoms with Crippen LogP contribution in [-0.2, 0) is 14.2 Å². The van der Waals surface area contributed by atoms with Crippen molar-refractivity contribution < 1.29 is 19.3 Å². The van der Waals surface area contributed by atoms with Crippen molar-refractivity contribution in [2.24, 2.45) is 0 Å². The van der Waals surface area contributed by atoms with Gasteiger partial charge in [-0.1, -0.05) is 0 Å². The molecule has 0 aromatic heterocycles. The third kappa shape index (κ3) is 3.16. The molecule has 66 valence electrons. The van der Waals surface area contributed by atoms with Crippen LogP contribution in [0.2, 0.25) is 0 Å². The summed E-state index contributed by atoms with van der Waals surface area (Å²) >= 11 is 0. The van der Waals surface area contributed by atoms with Gasteiger partial charge in [-0.3, -0.25) is 0 Å². The Morgan fingerprint density at radius 1 is 1.18 bits per heavy atom. The first kappa shape index (κ1) is 8.93. The molecule has 0 aromatic rings. The highest BCUT2D eigenvalue weighted by molar-refractivity contribution is 4.61. The normalized spacial score (nSPS) is 34.4. The molecule has 4 nitrogen and oxygen atoms in total. The first-order valence-electron chi connectivity index (χ1n) is 3.69. The minimum absolute atomic E-state index is 0.00231. The summed E-state index contributed by atoms with van der Waals surface area (Å²) in [7, 11) is 1.62. The van der Waals surface area contributed by atoms with Gasteiger partial charge in [0.1, 0.15) is 12.2 Å². The van der Waals surface area contributed by atoms with Gasteiger partial charge in [0.15, 0.2) is 0 Å². The fourth-order valence-corrected chi connectivity index (χ4v) is 0.903. The van der Waals surface area contributed by atoms with Crippen LogP contribution in [0, 0.1) is 0 Å². The van der Waals surface area contributed by atoms with Crippen LogP contribution in [-0.4, -0.2) is 50.9 Å². The number of hydrogen-bond acceptors (Lipinski definition) is 4. The van der Waals surface area contributed by atoms with Crippen molar-refractivity contribution in [2.45, 2.75) is 12.2 Å². The topological polar surface area (TPSA) is 47.9 Å². The monoisotopic (exact) mass is 162 g/mol. The van der Waals surface area contributed by atoms with Gasteiger partial charge in [0.25, 0.3) is 0 Å². The molecule has 0 spiro atoms. The zero-order valence-electron chi connectivity index (χ0n) is 6.66. The van der Waals surface area contributed by atoms with Crippen LogP contribution in [0.3, 0.4) is 0 Å². The van der Waals surface area contributed by atoms with Gasteiger partial charge in [-0.2, -0.15) is 0 Å². The third-order valence-electron chi connectivity index (χ3n) is 1.56. The van der Waals surface area contributed by atoms with Gasteiger partial charge in [-0.25, -0.2) is 0 Å². The predicted molar refractivity (Wildman–Crippen MR) is 38.4 cm³/mol. The molecule has 1 heterocycles. The van der Waals surface area contributed by atoms with Crippen molar-refractivity contribution in [1.29, 1.82) is 0 Å². The smallest absolute Gasteiger partial charge is 0.104 e. The second-order valence-electron chi connectivity index (χ2n) is 2.59. The maximum Gasteiger partial charge on any atom is 0.104 e. The zero-order chi connectivity index (χ0) is 8.10. The lowest BCUT2D eigenvalue weighted by atomic mass is 10.3. The van der Waals surface area contributed by atoms with Crippen molar-refractivity contribution >= 4 is 0 Å². The first-order valence-corrected chi connectivity index (χ1v) is 3.69. The molecule has 0 radical (unpaired) electrons. The highest BCUT2D eigenvalue weighted by Crippen LogP contribution is 1.99. The summed E-state index contributed by atoms with van der Waals surface area (Å²) in [6.07, 6.45) is -0.490. The molecule has 4 heteroatoms. The van der Waals surface area contributed by atoms with Crippen molar-refractivity contribution in [1.82, 2.24) is 0 Å². The SMILES string of the molecule is COC1COCC(O)COC1. The van der Waals surface area contributed by atoms with Gasteiger partial charge in [-0.15, -0.1) is 0 Å². The van der Waals surface area contributed by atoms with Gasteiger partial charge in [0.05, 0.1) is 26.4 Å². The molecule has 0 saturated carbocycles. The van der Waals surface area contributed by atoms with Crippen LogP contribution in [0.25, 0.3) is 0 Å². The highest BCUT2D eigenvalue weighted by Gasteiger charge is 2.14. The predicted octanol–water partition coefficient (Wildman–Crippen LogP) is -0.591. The van der Waals surface area contributed by atoms with Gasteiger partial charge in [-0.05, 0) is 0 Å². The summed E-state index contributed by atoms with van der Waals surface area (Å²) in [4.78, 5) is 0. The third-order valence-corrected chi connectivity index (χ3v) is 1.56. The summed E-state index contributed by atoms with van der Waals surface area (Å²) < 4.78 is 15.3. The van der Waals surface area contributed by atoms with Crippen LogP contribution in [0.5, 0.6) is 0 Å². The molecular formula is C7H14O4. The van der Waals surface area contributed by atoms with Gasteiger partial charge >= 0.3 is 0 Å². The Balaban J connectivity index is 2.22. The molecule has 0 atom stereocenters. The van der Waals surface area contributed by atoms with E-state index in [4.69, 9.17) is 19.3 Å². The summed E-state index contributed by atoms with van der Waals surface area (Å²) in [5.41, 5.74) is 0. The van der Waals surface area contributed by atoms with Gasteiger partial charge in [0, 0.05) is 7.11 Å². The van der Waals surface area contributed by atoms with E-state index < -0.39 is 6.10 Å². The molecule has 0 aliphatic carbocycles. The number of aliphatic hydroxyl groups is 1. The van der Waals surface area contributed by atoms with Crippen molar-refractivity contribution in [3.63, 3.8) is 0 Å². The average Bonchev–Trinajstić information content (AvgIpc) is 1.96. The van der Waals surface area contributed by atoms with E-state index in [1.807, 2.05) is 0 Å². The highest BCUT2D eigenvalue weighted by atomic mass is 16.6. The molecule has 1 fully saturated rings. The molecule has 0 unspecified atom stereocenters. The fourth-order valence-electron chi connectivity index (χ4n) is 0.903. The standard InChI is InChI=1S/C7H14O4/c1-9-7-4-10-2-6(8)3-11-5-7/h6-8H,2-5H2,1H3. The minimum atomic E-state index is -0.493. The summed E-state index contributed by atoms with van der Waals surface area (Å²) in [6.45, 7) is 1.65. The summed E-state index contributed by atoms with van der Waals surface area (Å²) in [5.74, 6) is 0. The average molecular weight is 162 g/mol. The molecule has 1 aliphatic rings. The largest absolute Gasteiger partial charge is 0.388 e. The Hall–Kier alpha value is -0.160. The van der Waals surface area contributed by atoms with E-state index >= 15 is 0 Å². The van der Waals surface area contributed by atoms with Crippen LogP contribution in [0.4, 0.5) is 0 Å². The van der Waals surface area contributed by atoms with E-state index in [0.717, 1.165) is 0 Å². The quantitative estimate of drug-likeness (QED) is 0.560. The van der Waals surface area contributed by atoms with Crippen molar-refractivity contribution in [3.05, 3.63) is 0 Å².